The van der Waals surface area contributed by atoms with E-state index in [0.29, 0.717) is 17.8 Å². The number of aryl methyl sites for hydroxylation is 3. The van der Waals surface area contributed by atoms with Crippen molar-refractivity contribution in [2.24, 2.45) is 0 Å². The van der Waals surface area contributed by atoms with E-state index in [2.05, 4.69) is 24.4 Å². The molecule has 1 amide bonds. The molecular weight excluding hydrogens is 432 g/mol. The molecule has 0 unspecified atom stereocenters. The lowest BCUT2D eigenvalue weighted by molar-refractivity contribution is 0.0951. The lowest BCUT2D eigenvalue weighted by Gasteiger charge is -2.26. The van der Waals surface area contributed by atoms with E-state index in [1.807, 2.05) is 63.2 Å². The molecule has 3 aromatic rings. The number of sulfonamides is 1. The maximum Gasteiger partial charge on any atom is 0.251 e. The molecule has 0 aliphatic rings. The zero-order valence-electron chi connectivity index (χ0n) is 19.9. The smallest absolute Gasteiger partial charge is 0.251 e. The van der Waals surface area contributed by atoms with Gasteiger partial charge in [0.05, 0.1) is 18.5 Å². The monoisotopic (exact) mass is 464 g/mol. The van der Waals surface area contributed by atoms with Crippen molar-refractivity contribution in [2.45, 2.75) is 40.2 Å². The summed E-state index contributed by atoms with van der Waals surface area (Å²) in [6.45, 7) is 8.68. The van der Waals surface area contributed by atoms with E-state index in [9.17, 15) is 13.2 Å². The molecule has 0 aromatic heterocycles. The average molecular weight is 465 g/mol. The molecule has 33 heavy (non-hydrogen) atoms. The first-order chi connectivity index (χ1) is 15.6. The van der Waals surface area contributed by atoms with Crippen LogP contribution in [0.2, 0.25) is 0 Å². The molecule has 0 fully saturated rings. The van der Waals surface area contributed by atoms with Gasteiger partial charge in [-0.05, 0) is 61.1 Å². The fourth-order valence-electron chi connectivity index (χ4n) is 4.10. The van der Waals surface area contributed by atoms with Gasteiger partial charge in [0.25, 0.3) is 5.91 Å². The maximum atomic E-state index is 12.6. The summed E-state index contributed by atoms with van der Waals surface area (Å²) in [6, 6.07) is 21.2. The molecule has 0 aliphatic carbocycles. The van der Waals surface area contributed by atoms with Gasteiger partial charge in [-0.2, -0.15) is 0 Å². The largest absolute Gasteiger partial charge is 0.351 e. The Morgan fingerprint density at radius 1 is 0.939 bits per heavy atom. The normalized spacial score (nSPS) is 12.3. The number of anilines is 1. The number of amides is 1. The first-order valence-electron chi connectivity index (χ1n) is 11.0. The third kappa shape index (κ3) is 6.23. The van der Waals surface area contributed by atoms with E-state index in [1.54, 1.807) is 12.1 Å². The number of carbonyl (C=O) groups is 1. The van der Waals surface area contributed by atoms with Crippen LogP contribution in [0.15, 0.2) is 66.7 Å². The Morgan fingerprint density at radius 2 is 1.52 bits per heavy atom. The van der Waals surface area contributed by atoms with Crippen molar-refractivity contribution in [3.8, 4) is 0 Å². The van der Waals surface area contributed by atoms with Crippen LogP contribution in [0.3, 0.4) is 0 Å². The summed E-state index contributed by atoms with van der Waals surface area (Å²) in [7, 11) is -3.49. The van der Waals surface area contributed by atoms with Crippen LogP contribution in [-0.2, 0) is 16.6 Å². The fourth-order valence-corrected chi connectivity index (χ4v) is 5.11. The molecule has 1 atom stereocenters. The molecule has 0 aliphatic heterocycles. The molecule has 174 valence electrons. The molecule has 0 bridgehead atoms. The second-order valence-corrected chi connectivity index (χ2v) is 10.6. The van der Waals surface area contributed by atoms with Crippen LogP contribution < -0.4 is 9.62 Å². The molecule has 5 nitrogen and oxygen atoms in total. The third-order valence-electron chi connectivity index (χ3n) is 5.76. The van der Waals surface area contributed by atoms with Gasteiger partial charge in [0, 0.05) is 12.1 Å². The van der Waals surface area contributed by atoms with Crippen molar-refractivity contribution in [3.63, 3.8) is 0 Å². The van der Waals surface area contributed by atoms with Gasteiger partial charge in [0.15, 0.2) is 0 Å². The number of benzene rings is 3. The lowest BCUT2D eigenvalue weighted by Crippen LogP contribution is -2.31. The van der Waals surface area contributed by atoms with Crippen molar-refractivity contribution >= 4 is 21.6 Å². The minimum atomic E-state index is -3.49. The Kier molecular flexibility index (Phi) is 7.59. The van der Waals surface area contributed by atoms with E-state index >= 15 is 0 Å². The van der Waals surface area contributed by atoms with Crippen molar-refractivity contribution in [1.82, 2.24) is 5.32 Å². The topological polar surface area (TPSA) is 66.5 Å². The molecule has 0 heterocycles. The molecule has 6 heteroatoms. The van der Waals surface area contributed by atoms with Gasteiger partial charge in [-0.15, -0.1) is 0 Å². The molecule has 0 saturated carbocycles. The summed E-state index contributed by atoms with van der Waals surface area (Å²) >= 11 is 0. The van der Waals surface area contributed by atoms with E-state index in [1.165, 1.54) is 16.1 Å². The van der Waals surface area contributed by atoms with Crippen LogP contribution in [-0.4, -0.2) is 27.1 Å². The molecule has 0 radical (unpaired) electrons. The van der Waals surface area contributed by atoms with Crippen LogP contribution in [0.4, 0.5) is 5.69 Å². The predicted octanol–water partition coefficient (Wildman–Crippen LogP) is 5.11. The zero-order valence-corrected chi connectivity index (χ0v) is 20.7. The molecule has 1 N–H and O–H groups in total. The first kappa shape index (κ1) is 24.5. The van der Waals surface area contributed by atoms with E-state index in [4.69, 9.17) is 0 Å². The highest BCUT2D eigenvalue weighted by atomic mass is 32.2. The van der Waals surface area contributed by atoms with Crippen molar-refractivity contribution in [2.75, 3.05) is 17.1 Å². The number of hydrogen-bond donors (Lipinski definition) is 1. The molecule has 0 saturated heterocycles. The Hall–Kier alpha value is -3.12. The quantitative estimate of drug-likeness (QED) is 0.504. The number of carbonyl (C=O) groups excluding carboxylic acids is 1. The minimum absolute atomic E-state index is 0.144. The van der Waals surface area contributed by atoms with Gasteiger partial charge < -0.3 is 5.32 Å². The van der Waals surface area contributed by atoms with Gasteiger partial charge in [-0.1, -0.05) is 67.1 Å². The standard InChI is InChI=1S/C27H32N2O3S/c1-19-15-20(2)26(21(3)16-19)29(33(5,31)32)18-23-11-13-25(14-12-23)27(30)28-17-22(4)24-9-7-6-8-10-24/h6-16,22H,17-18H2,1-5H3,(H,28,30)/t22-/m0/s1. The van der Waals surface area contributed by atoms with Gasteiger partial charge in [0.2, 0.25) is 10.0 Å². The molecular formula is C27H32N2O3S. The van der Waals surface area contributed by atoms with Crippen LogP contribution in [0.25, 0.3) is 0 Å². The van der Waals surface area contributed by atoms with Gasteiger partial charge in [-0.25, -0.2) is 8.42 Å². The Bertz CT molecular complexity index is 1200. The van der Waals surface area contributed by atoms with Gasteiger partial charge in [-0.3, -0.25) is 9.10 Å². The molecule has 3 rings (SSSR count). The number of nitrogens with one attached hydrogen (secondary N) is 1. The van der Waals surface area contributed by atoms with Crippen molar-refractivity contribution in [1.29, 1.82) is 0 Å². The Balaban J connectivity index is 1.72. The predicted molar refractivity (Wildman–Crippen MR) is 135 cm³/mol. The Morgan fingerprint density at radius 3 is 2.06 bits per heavy atom. The number of hydrogen-bond acceptors (Lipinski definition) is 3. The summed E-state index contributed by atoms with van der Waals surface area (Å²) in [5.41, 5.74) is 6.18. The summed E-state index contributed by atoms with van der Waals surface area (Å²) in [5.74, 6) is 0.0632. The summed E-state index contributed by atoms with van der Waals surface area (Å²) in [5, 5.41) is 2.98. The fraction of sp³-hybridized carbons (Fsp3) is 0.296. The average Bonchev–Trinajstić information content (AvgIpc) is 2.76. The van der Waals surface area contributed by atoms with Gasteiger partial charge in [0.1, 0.15) is 0 Å². The third-order valence-corrected chi connectivity index (χ3v) is 6.88. The Labute approximate surface area is 197 Å². The number of rotatable bonds is 8. The van der Waals surface area contributed by atoms with E-state index in [-0.39, 0.29) is 18.4 Å². The van der Waals surface area contributed by atoms with Crippen LogP contribution in [0.1, 0.15) is 51.0 Å². The molecule has 3 aromatic carbocycles. The zero-order chi connectivity index (χ0) is 24.2. The van der Waals surface area contributed by atoms with Gasteiger partial charge >= 0.3 is 0 Å². The summed E-state index contributed by atoms with van der Waals surface area (Å²) in [4.78, 5) is 12.6. The second-order valence-electron chi connectivity index (χ2n) is 8.74. The van der Waals surface area contributed by atoms with E-state index in [0.717, 1.165) is 22.3 Å². The van der Waals surface area contributed by atoms with Crippen molar-refractivity contribution in [3.05, 3.63) is 100 Å². The van der Waals surface area contributed by atoms with Crippen LogP contribution in [0.5, 0.6) is 0 Å². The van der Waals surface area contributed by atoms with Crippen molar-refractivity contribution < 1.29 is 13.2 Å². The van der Waals surface area contributed by atoms with Crippen LogP contribution >= 0.6 is 0 Å². The maximum absolute atomic E-state index is 12.6. The lowest BCUT2D eigenvalue weighted by atomic mass is 10.0. The van der Waals surface area contributed by atoms with Crippen LogP contribution in [0, 0.1) is 20.8 Å². The first-order valence-corrected chi connectivity index (χ1v) is 12.9. The second kappa shape index (κ2) is 10.2. The molecule has 0 spiro atoms. The highest BCUT2D eigenvalue weighted by Gasteiger charge is 2.22. The highest BCUT2D eigenvalue weighted by Crippen LogP contribution is 2.29. The minimum Gasteiger partial charge on any atom is -0.351 e. The summed E-state index contributed by atoms with van der Waals surface area (Å²) < 4.78 is 26.7. The SMILES string of the molecule is Cc1cc(C)c(N(Cc2ccc(C(=O)NC[C@H](C)c3ccccc3)cc2)S(C)(=O)=O)c(C)c1. The number of nitrogens with zero attached hydrogens (tertiary/aromatic N) is 1. The van der Waals surface area contributed by atoms with E-state index < -0.39 is 10.0 Å². The summed E-state index contributed by atoms with van der Waals surface area (Å²) in [6.07, 6.45) is 1.22. The highest BCUT2D eigenvalue weighted by molar-refractivity contribution is 7.92.